The highest BCUT2D eigenvalue weighted by Crippen LogP contribution is 2.40. The molecule has 0 aliphatic carbocycles. The molecule has 0 unspecified atom stereocenters. The molecule has 0 fully saturated rings. The molecule has 4 rings (SSSR count). The van der Waals surface area contributed by atoms with Crippen molar-refractivity contribution in [2.75, 3.05) is 0 Å². The van der Waals surface area contributed by atoms with E-state index in [9.17, 15) is 26.3 Å². The Hall–Kier alpha value is -3.78. The van der Waals surface area contributed by atoms with Crippen molar-refractivity contribution in [3.63, 3.8) is 0 Å². The van der Waals surface area contributed by atoms with Gasteiger partial charge in [0.1, 0.15) is 5.15 Å². The summed E-state index contributed by atoms with van der Waals surface area (Å²) in [6, 6.07) is 21.0. The summed E-state index contributed by atoms with van der Waals surface area (Å²) in [5.41, 5.74) is -1.85. The number of alkyl halides is 6. The van der Waals surface area contributed by atoms with Gasteiger partial charge in [0.2, 0.25) is 0 Å². The van der Waals surface area contributed by atoms with Gasteiger partial charge in [-0.2, -0.15) is 26.3 Å². The van der Waals surface area contributed by atoms with Gasteiger partial charge in [0.25, 0.3) is 0 Å². The molecule has 2 nitrogen and oxygen atoms in total. The average molecular weight is 547 g/mol. The number of hydrogen-bond donors (Lipinski definition) is 1. The number of hydrogen-bond acceptors (Lipinski definition) is 2. The first-order chi connectivity index (χ1) is 17.9. The Bertz CT molecular complexity index is 1360. The van der Waals surface area contributed by atoms with Gasteiger partial charge in [0.05, 0.1) is 16.7 Å². The predicted molar refractivity (Wildman–Crippen MR) is 135 cm³/mol. The molecule has 0 spiro atoms. The minimum absolute atomic E-state index is 0.0104. The summed E-state index contributed by atoms with van der Waals surface area (Å²) in [7, 11) is 0. The SMILES string of the molecule is C=C(NC(Cc1ccccc1)(c1cccc(C(F)(F)F)c1)c1cccc(C(F)(F)F)c1)c1ccc(Cl)nc1. The van der Waals surface area contributed by atoms with Gasteiger partial charge in [-0.05, 0) is 53.1 Å². The Morgan fingerprint density at radius 1 is 0.711 bits per heavy atom. The van der Waals surface area contributed by atoms with E-state index in [1.165, 1.54) is 36.5 Å². The molecule has 0 aliphatic rings. The Morgan fingerprint density at radius 3 is 1.71 bits per heavy atom. The van der Waals surface area contributed by atoms with E-state index < -0.39 is 29.0 Å². The van der Waals surface area contributed by atoms with Gasteiger partial charge in [-0.1, -0.05) is 72.8 Å². The van der Waals surface area contributed by atoms with Crippen molar-refractivity contribution in [1.82, 2.24) is 10.3 Å². The van der Waals surface area contributed by atoms with Gasteiger partial charge in [-0.3, -0.25) is 0 Å². The molecule has 1 heterocycles. The van der Waals surface area contributed by atoms with E-state index in [0.29, 0.717) is 11.1 Å². The van der Waals surface area contributed by atoms with Crippen LogP contribution in [0.25, 0.3) is 5.70 Å². The minimum Gasteiger partial charge on any atom is -0.371 e. The zero-order valence-electron chi connectivity index (χ0n) is 19.7. The van der Waals surface area contributed by atoms with E-state index in [1.807, 2.05) is 0 Å². The summed E-state index contributed by atoms with van der Waals surface area (Å²) in [6.07, 6.45) is -7.90. The van der Waals surface area contributed by atoms with Gasteiger partial charge in [-0.15, -0.1) is 0 Å². The molecule has 0 radical (unpaired) electrons. The molecule has 3 aromatic carbocycles. The number of rotatable bonds is 7. The second-order valence-electron chi connectivity index (χ2n) is 8.70. The zero-order valence-corrected chi connectivity index (χ0v) is 20.5. The highest BCUT2D eigenvalue weighted by atomic mass is 35.5. The van der Waals surface area contributed by atoms with Crippen LogP contribution in [0.1, 0.15) is 33.4 Å². The summed E-state index contributed by atoms with van der Waals surface area (Å²) >= 11 is 5.89. The number of nitrogens with one attached hydrogen (secondary N) is 1. The lowest BCUT2D eigenvalue weighted by atomic mass is 9.76. The molecule has 1 N–H and O–H groups in total. The first-order valence-corrected chi connectivity index (χ1v) is 11.7. The minimum atomic E-state index is -4.67. The fourth-order valence-corrected chi connectivity index (χ4v) is 4.38. The second kappa shape index (κ2) is 10.5. The van der Waals surface area contributed by atoms with Gasteiger partial charge >= 0.3 is 12.4 Å². The van der Waals surface area contributed by atoms with Crippen molar-refractivity contribution in [3.05, 3.63) is 142 Å². The van der Waals surface area contributed by atoms with E-state index in [-0.39, 0.29) is 28.4 Å². The maximum absolute atomic E-state index is 13.8. The highest BCUT2D eigenvalue weighted by Gasteiger charge is 2.40. The monoisotopic (exact) mass is 546 g/mol. The number of aromatic nitrogens is 1. The number of nitrogens with zero attached hydrogens (tertiary/aromatic N) is 1. The first-order valence-electron chi connectivity index (χ1n) is 11.4. The molecule has 0 atom stereocenters. The maximum Gasteiger partial charge on any atom is 0.416 e. The Kier molecular flexibility index (Phi) is 7.56. The zero-order chi connectivity index (χ0) is 27.6. The van der Waals surface area contributed by atoms with Crippen molar-refractivity contribution >= 4 is 17.3 Å². The van der Waals surface area contributed by atoms with Crippen molar-refractivity contribution in [3.8, 4) is 0 Å². The molecule has 0 amide bonds. The summed E-state index contributed by atoms with van der Waals surface area (Å²) in [4.78, 5) is 4.02. The Labute approximate surface area is 220 Å². The molecule has 4 aromatic rings. The molecule has 196 valence electrons. The van der Waals surface area contributed by atoms with Crippen LogP contribution in [0.15, 0.2) is 104 Å². The lowest BCUT2D eigenvalue weighted by molar-refractivity contribution is -0.138. The highest BCUT2D eigenvalue weighted by molar-refractivity contribution is 6.29. The van der Waals surface area contributed by atoms with Gasteiger partial charge < -0.3 is 5.32 Å². The van der Waals surface area contributed by atoms with Crippen LogP contribution in [-0.4, -0.2) is 4.98 Å². The van der Waals surface area contributed by atoms with Crippen molar-refractivity contribution in [2.24, 2.45) is 0 Å². The molecule has 0 aliphatic heterocycles. The fourth-order valence-electron chi connectivity index (χ4n) is 4.27. The van der Waals surface area contributed by atoms with Crippen LogP contribution in [0.4, 0.5) is 26.3 Å². The van der Waals surface area contributed by atoms with Crippen LogP contribution >= 0.6 is 11.6 Å². The molecule has 0 saturated heterocycles. The normalized spacial score (nSPS) is 12.3. The van der Waals surface area contributed by atoms with Crippen LogP contribution in [0.3, 0.4) is 0 Å². The van der Waals surface area contributed by atoms with Crippen LogP contribution < -0.4 is 5.32 Å². The Balaban J connectivity index is 1.99. The van der Waals surface area contributed by atoms with E-state index in [1.54, 1.807) is 36.4 Å². The summed E-state index contributed by atoms with van der Waals surface area (Å²) in [6.45, 7) is 4.04. The summed E-state index contributed by atoms with van der Waals surface area (Å²) < 4.78 is 82.6. The van der Waals surface area contributed by atoms with E-state index in [4.69, 9.17) is 11.6 Å². The molecule has 1 aromatic heterocycles. The van der Waals surface area contributed by atoms with Crippen LogP contribution in [0.5, 0.6) is 0 Å². The van der Waals surface area contributed by atoms with Crippen LogP contribution in [-0.2, 0) is 24.3 Å². The van der Waals surface area contributed by atoms with Crippen molar-refractivity contribution in [2.45, 2.75) is 24.3 Å². The number of pyridine rings is 1. The van der Waals surface area contributed by atoms with Crippen molar-refractivity contribution < 1.29 is 26.3 Å². The topological polar surface area (TPSA) is 24.9 Å². The first kappa shape index (κ1) is 27.3. The molecule has 0 saturated carbocycles. The second-order valence-corrected chi connectivity index (χ2v) is 9.09. The molecular formula is C29H21ClF6N2. The van der Waals surface area contributed by atoms with E-state index in [0.717, 1.165) is 24.3 Å². The van der Waals surface area contributed by atoms with Gasteiger partial charge in [-0.25, -0.2) is 4.98 Å². The molecule has 9 heteroatoms. The predicted octanol–water partition coefficient (Wildman–Crippen LogP) is 8.52. The van der Waals surface area contributed by atoms with Crippen LogP contribution in [0, 0.1) is 0 Å². The molecule has 38 heavy (non-hydrogen) atoms. The third-order valence-corrected chi connectivity index (χ3v) is 6.34. The Morgan fingerprint density at radius 2 is 1.24 bits per heavy atom. The lowest BCUT2D eigenvalue weighted by Crippen LogP contribution is -2.44. The molecular weight excluding hydrogens is 526 g/mol. The van der Waals surface area contributed by atoms with E-state index in [2.05, 4.69) is 16.9 Å². The van der Waals surface area contributed by atoms with Crippen molar-refractivity contribution in [1.29, 1.82) is 0 Å². The lowest BCUT2D eigenvalue weighted by Gasteiger charge is -2.39. The van der Waals surface area contributed by atoms with Crippen LogP contribution in [0.2, 0.25) is 5.15 Å². The summed E-state index contributed by atoms with van der Waals surface area (Å²) in [5, 5.41) is 3.41. The quantitative estimate of drug-likeness (QED) is 0.186. The smallest absolute Gasteiger partial charge is 0.371 e. The van der Waals surface area contributed by atoms with Gasteiger partial charge in [0, 0.05) is 23.9 Å². The fraction of sp³-hybridized carbons (Fsp3) is 0.138. The maximum atomic E-state index is 13.8. The number of benzene rings is 3. The third-order valence-electron chi connectivity index (χ3n) is 6.12. The average Bonchev–Trinajstić information content (AvgIpc) is 2.88. The summed E-state index contributed by atoms with van der Waals surface area (Å²) in [5.74, 6) is 0. The molecule has 0 bridgehead atoms. The third kappa shape index (κ3) is 6.02. The number of halogens is 7. The standard InChI is InChI=1S/C29H21ClF6N2/c1-19(21-13-14-26(30)37-18-21)38-27(17-20-7-3-2-4-8-20,22-9-5-11-24(15-22)28(31,32)33)23-10-6-12-25(16-23)29(34,35)36/h2-16,18,38H,1,17H2. The largest absolute Gasteiger partial charge is 0.416 e. The van der Waals surface area contributed by atoms with E-state index >= 15 is 0 Å². The van der Waals surface area contributed by atoms with Gasteiger partial charge in [0.15, 0.2) is 0 Å².